The van der Waals surface area contributed by atoms with Crippen LogP contribution < -0.4 is 5.73 Å². The highest BCUT2D eigenvalue weighted by Crippen LogP contribution is 2.30. The van der Waals surface area contributed by atoms with E-state index in [9.17, 15) is 36.5 Å². The molecule has 0 aliphatic rings. The molecule has 4 aromatic heterocycles. The van der Waals surface area contributed by atoms with Gasteiger partial charge < -0.3 is 5.73 Å². The number of hydrogen-bond acceptors (Lipinski definition) is 9. The number of rotatable bonds is 5. The lowest BCUT2D eigenvalue weighted by Crippen LogP contribution is -2.08. The lowest BCUT2D eigenvalue weighted by atomic mass is 10.1. The fourth-order valence-electron chi connectivity index (χ4n) is 3.94. The molecule has 18 heteroatoms. The number of nitro groups is 1. The first-order chi connectivity index (χ1) is 21.8. The summed E-state index contributed by atoms with van der Waals surface area (Å²) in [5.41, 5.74) is 5.95. The van der Waals surface area contributed by atoms with Gasteiger partial charge in [0.2, 0.25) is 0 Å². The molecule has 4 heterocycles. The van der Waals surface area contributed by atoms with Gasteiger partial charge in [0.05, 0.1) is 46.7 Å². The molecule has 0 spiro atoms. The molecule has 0 saturated carbocycles. The number of benzene rings is 2. The van der Waals surface area contributed by atoms with Gasteiger partial charge in [-0.05, 0) is 24.3 Å². The summed E-state index contributed by atoms with van der Waals surface area (Å²) in [6.45, 7) is 0. The van der Waals surface area contributed by atoms with Crippen LogP contribution in [0.2, 0.25) is 0 Å². The molecule has 0 bridgehead atoms. The van der Waals surface area contributed by atoms with Crippen molar-refractivity contribution in [2.75, 3.05) is 5.73 Å². The Labute approximate surface area is 254 Å². The van der Waals surface area contributed by atoms with E-state index in [0.717, 1.165) is 27.7 Å². The van der Waals surface area contributed by atoms with Crippen molar-refractivity contribution < 1.29 is 31.3 Å². The Morgan fingerprint density at radius 1 is 0.630 bits per heavy atom. The van der Waals surface area contributed by atoms with E-state index < -0.39 is 28.7 Å². The van der Waals surface area contributed by atoms with Gasteiger partial charge in [-0.15, -0.1) is 0 Å². The fraction of sp³-hybridized carbons (Fsp3) is 0.0714. The van der Waals surface area contributed by atoms with Crippen molar-refractivity contribution in [1.82, 2.24) is 39.5 Å². The van der Waals surface area contributed by atoms with Gasteiger partial charge in [0, 0.05) is 29.7 Å². The predicted octanol–water partition coefficient (Wildman–Crippen LogP) is 6.19. The van der Waals surface area contributed by atoms with Crippen LogP contribution in [0.3, 0.4) is 0 Å². The third-order valence-corrected chi connectivity index (χ3v) is 6.12. The van der Waals surface area contributed by atoms with Crippen molar-refractivity contribution in [3.63, 3.8) is 0 Å². The first-order valence-electron chi connectivity index (χ1n) is 12.8. The van der Waals surface area contributed by atoms with Crippen molar-refractivity contribution in [3.05, 3.63) is 119 Å². The Kier molecular flexibility index (Phi) is 8.44. The first kappa shape index (κ1) is 31.2. The van der Waals surface area contributed by atoms with Crippen molar-refractivity contribution in [1.29, 1.82) is 0 Å². The van der Waals surface area contributed by atoms with Gasteiger partial charge >= 0.3 is 12.4 Å². The smallest absolute Gasteiger partial charge is 0.398 e. The maximum absolute atomic E-state index is 12.5. The molecule has 0 radical (unpaired) electrons. The second-order valence-corrected chi connectivity index (χ2v) is 9.17. The van der Waals surface area contributed by atoms with Gasteiger partial charge in [0.25, 0.3) is 5.69 Å². The molecule has 6 aromatic rings. The molecule has 0 amide bonds. The van der Waals surface area contributed by atoms with Gasteiger partial charge in [-0.2, -0.15) is 36.5 Å². The third-order valence-electron chi connectivity index (χ3n) is 6.12. The van der Waals surface area contributed by atoms with Crippen molar-refractivity contribution in [2.24, 2.45) is 0 Å². The lowest BCUT2D eigenvalue weighted by molar-refractivity contribution is -0.384. The first-order valence-corrected chi connectivity index (χ1v) is 12.8. The number of halogens is 6. The molecule has 46 heavy (non-hydrogen) atoms. The zero-order chi connectivity index (χ0) is 33.1. The van der Waals surface area contributed by atoms with Gasteiger partial charge in [-0.25, -0.2) is 19.3 Å². The molecule has 0 aliphatic carbocycles. The normalized spacial score (nSPS) is 11.5. The topological polar surface area (TPSA) is 156 Å². The van der Waals surface area contributed by atoms with Crippen molar-refractivity contribution in [3.8, 4) is 34.2 Å². The Hall–Kier alpha value is -6.20. The average molecular weight is 641 g/mol. The molecule has 0 atom stereocenters. The number of para-hydroxylation sites is 2. The zero-order valence-corrected chi connectivity index (χ0v) is 22.9. The van der Waals surface area contributed by atoms with E-state index in [1.54, 1.807) is 24.3 Å². The quantitative estimate of drug-likeness (QED) is 0.100. The number of nitrogens with two attached hydrogens (primary N) is 1. The van der Waals surface area contributed by atoms with E-state index in [0.29, 0.717) is 16.9 Å². The predicted molar refractivity (Wildman–Crippen MR) is 150 cm³/mol. The number of nitrogens with zero attached hydrogens (tertiary/aromatic N) is 9. The molecule has 0 fully saturated rings. The Balaban J connectivity index is 0.000000182. The van der Waals surface area contributed by atoms with E-state index in [1.165, 1.54) is 49.2 Å². The third kappa shape index (κ3) is 6.95. The molecule has 2 aromatic carbocycles. The Morgan fingerprint density at radius 3 is 1.50 bits per heavy atom. The van der Waals surface area contributed by atoms with E-state index >= 15 is 0 Å². The van der Waals surface area contributed by atoms with Crippen LogP contribution in [0.15, 0.2) is 97.8 Å². The molecule has 0 saturated heterocycles. The maximum Gasteiger partial charge on any atom is 0.435 e. The number of nitrogen functional groups attached to an aromatic ring is 1. The number of anilines is 1. The van der Waals surface area contributed by atoms with E-state index in [2.05, 4.69) is 30.1 Å². The number of aromatic nitrogens is 8. The van der Waals surface area contributed by atoms with Crippen molar-refractivity contribution >= 4 is 11.4 Å². The molecule has 12 nitrogen and oxygen atoms in total. The molecule has 0 unspecified atom stereocenters. The second-order valence-electron chi connectivity index (χ2n) is 9.17. The van der Waals surface area contributed by atoms with Crippen LogP contribution in [0.25, 0.3) is 34.2 Å². The van der Waals surface area contributed by atoms with E-state index in [1.807, 2.05) is 6.07 Å². The molecular formula is C28H18F6N10O2. The monoisotopic (exact) mass is 640 g/mol. The molecule has 0 aliphatic heterocycles. The lowest BCUT2D eigenvalue weighted by Gasteiger charge is -2.05. The Morgan fingerprint density at radius 2 is 1.09 bits per heavy atom. The van der Waals surface area contributed by atoms with Gasteiger partial charge in [-0.3, -0.25) is 20.1 Å². The maximum atomic E-state index is 12.5. The van der Waals surface area contributed by atoms with Crippen LogP contribution in [0.1, 0.15) is 11.4 Å². The Bertz CT molecular complexity index is 1970. The highest BCUT2D eigenvalue weighted by atomic mass is 19.4. The van der Waals surface area contributed by atoms with Crippen LogP contribution in [0.4, 0.5) is 37.7 Å². The van der Waals surface area contributed by atoms with Crippen LogP contribution in [0.5, 0.6) is 0 Å². The minimum Gasteiger partial charge on any atom is -0.398 e. The van der Waals surface area contributed by atoms with Gasteiger partial charge in [0.1, 0.15) is 0 Å². The average Bonchev–Trinajstić information content (AvgIpc) is 3.74. The van der Waals surface area contributed by atoms with E-state index in [-0.39, 0.29) is 28.6 Å². The van der Waals surface area contributed by atoms with Crippen LogP contribution in [0, 0.1) is 10.1 Å². The summed E-state index contributed by atoms with van der Waals surface area (Å²) in [6.07, 6.45) is -1.53. The summed E-state index contributed by atoms with van der Waals surface area (Å²) in [5, 5.41) is 17.8. The molecule has 2 N–H and O–H groups in total. The summed E-state index contributed by atoms with van der Waals surface area (Å²) < 4.78 is 77.2. The van der Waals surface area contributed by atoms with Gasteiger partial charge in [0.15, 0.2) is 23.0 Å². The SMILES string of the molecule is Nc1ccccc1-c1cnc(-n2ccc(C(F)(F)F)n2)cn1.O=[N+]([O-])c1ccccc1-c1cnc(-n2ccc(C(F)(F)F)n2)cn1. The zero-order valence-electron chi connectivity index (χ0n) is 22.9. The highest BCUT2D eigenvalue weighted by Gasteiger charge is 2.34. The van der Waals surface area contributed by atoms with Gasteiger partial charge in [-0.1, -0.05) is 30.3 Å². The molecule has 6 rings (SSSR count). The summed E-state index contributed by atoms with van der Waals surface area (Å²) in [4.78, 5) is 26.7. The summed E-state index contributed by atoms with van der Waals surface area (Å²) >= 11 is 0. The van der Waals surface area contributed by atoms with Crippen LogP contribution in [-0.4, -0.2) is 44.4 Å². The fourth-order valence-corrected chi connectivity index (χ4v) is 3.94. The minimum absolute atomic E-state index is 0.0628. The number of hydrogen-bond donors (Lipinski definition) is 1. The second kappa shape index (κ2) is 12.4. The standard InChI is InChI=1S/C14H8F3N5O2.C14H10F3N5/c15-14(16,17)12-5-6-21(20-12)13-8-18-10(7-19-13)9-3-1-2-4-11(9)22(23)24;15-14(16,17)12-5-6-22(21-12)13-8-19-11(7-20-13)9-3-1-2-4-10(9)18/h1-8H;1-8H,18H2. The largest absolute Gasteiger partial charge is 0.435 e. The summed E-state index contributed by atoms with van der Waals surface area (Å²) in [7, 11) is 0. The van der Waals surface area contributed by atoms with Crippen LogP contribution in [-0.2, 0) is 12.4 Å². The minimum atomic E-state index is -4.55. The number of nitro benzene ring substituents is 1. The highest BCUT2D eigenvalue weighted by molar-refractivity contribution is 5.73. The summed E-state index contributed by atoms with van der Waals surface area (Å²) in [5.74, 6) is 0.251. The van der Waals surface area contributed by atoms with Crippen LogP contribution >= 0.6 is 0 Å². The summed E-state index contributed by atoms with van der Waals surface area (Å²) in [6, 6.07) is 14.8. The molecule has 234 valence electrons. The molecular weight excluding hydrogens is 622 g/mol. The van der Waals surface area contributed by atoms with Crippen molar-refractivity contribution in [2.45, 2.75) is 12.4 Å². The van der Waals surface area contributed by atoms with E-state index in [4.69, 9.17) is 5.73 Å². The number of alkyl halides is 6.